The van der Waals surface area contributed by atoms with E-state index in [2.05, 4.69) is 9.97 Å². The zero-order valence-electron chi connectivity index (χ0n) is 19.1. The summed E-state index contributed by atoms with van der Waals surface area (Å²) in [6, 6.07) is 5.77. The van der Waals surface area contributed by atoms with E-state index >= 15 is 8.78 Å². The minimum Gasteiger partial charge on any atom is -0.358 e. The van der Waals surface area contributed by atoms with Crippen LogP contribution in [0.2, 0.25) is 0 Å². The predicted octanol–water partition coefficient (Wildman–Crippen LogP) is 6.07. The molecule has 1 aliphatic heterocycles. The lowest BCUT2D eigenvalue weighted by molar-refractivity contribution is 0.0143. The molecule has 1 aromatic carbocycles. The highest BCUT2D eigenvalue weighted by Crippen LogP contribution is 2.35. The molecule has 1 saturated heterocycles. The van der Waals surface area contributed by atoms with Gasteiger partial charge in [0.15, 0.2) is 5.82 Å². The highest BCUT2D eigenvalue weighted by atomic mass is 32.2. The first-order valence-electron chi connectivity index (χ1n) is 10.9. The molecule has 0 saturated carbocycles. The molecular weight excluding hydrogens is 463 g/mol. The molecule has 0 radical (unpaired) electrons. The van der Waals surface area contributed by atoms with Gasteiger partial charge in [-0.1, -0.05) is 0 Å². The third-order valence-electron chi connectivity index (χ3n) is 5.98. The third kappa shape index (κ3) is 4.42. The maximum absolute atomic E-state index is 15.3. The van der Waals surface area contributed by atoms with Gasteiger partial charge >= 0.3 is 0 Å². The SMILES string of the molecule is CSc1ccc(F)c(-c2nc(C(=O)N(c3cccnc3)C3CCCCO3)c(C)c(C)c2F)c1F. The lowest BCUT2D eigenvalue weighted by Gasteiger charge is -2.34. The molecule has 3 heterocycles. The number of halogens is 3. The Hall–Kier alpha value is -2.91. The van der Waals surface area contributed by atoms with Crippen LogP contribution in [0.25, 0.3) is 11.3 Å². The number of hydrogen-bond donors (Lipinski definition) is 0. The van der Waals surface area contributed by atoms with Crippen LogP contribution in [-0.2, 0) is 4.74 Å². The summed E-state index contributed by atoms with van der Waals surface area (Å²) < 4.78 is 51.0. The number of ether oxygens (including phenoxy) is 1. The van der Waals surface area contributed by atoms with Gasteiger partial charge in [-0.2, -0.15) is 0 Å². The van der Waals surface area contributed by atoms with Gasteiger partial charge in [0.05, 0.1) is 17.4 Å². The van der Waals surface area contributed by atoms with Crippen LogP contribution in [-0.4, -0.2) is 35.0 Å². The molecule has 2 aromatic heterocycles. The number of nitrogens with zero attached hydrogens (tertiary/aromatic N) is 3. The number of carbonyl (C=O) groups is 1. The number of carbonyl (C=O) groups excluding carboxylic acids is 1. The van der Waals surface area contributed by atoms with Crippen molar-refractivity contribution in [3.05, 3.63) is 70.9 Å². The van der Waals surface area contributed by atoms with Crippen molar-refractivity contribution >= 4 is 23.4 Å². The minimum absolute atomic E-state index is 0.0948. The van der Waals surface area contributed by atoms with E-state index in [0.29, 0.717) is 18.7 Å². The fourth-order valence-electron chi connectivity index (χ4n) is 4.00. The van der Waals surface area contributed by atoms with Gasteiger partial charge in [-0.3, -0.25) is 14.7 Å². The van der Waals surface area contributed by atoms with Crippen LogP contribution in [0.15, 0.2) is 41.6 Å². The van der Waals surface area contributed by atoms with Crippen molar-refractivity contribution in [1.82, 2.24) is 9.97 Å². The Balaban J connectivity index is 1.89. The average molecular weight is 488 g/mol. The van der Waals surface area contributed by atoms with Crippen molar-refractivity contribution in [3.8, 4) is 11.3 Å². The standard InChI is InChI=1S/C25H24F3N3O2S/c1-14-15(2)23(30-24(21(14)27)20-17(26)9-10-18(34-3)22(20)28)25(32)31(16-7-6-11-29-13-16)19-8-4-5-12-33-19/h6-7,9-11,13,19H,4-5,8,12H2,1-3H3. The molecule has 5 nitrogen and oxygen atoms in total. The van der Waals surface area contributed by atoms with Crippen LogP contribution < -0.4 is 4.90 Å². The Kier molecular flexibility index (Phi) is 7.23. The molecule has 1 aliphatic rings. The lowest BCUT2D eigenvalue weighted by Crippen LogP contribution is -2.44. The zero-order valence-corrected chi connectivity index (χ0v) is 19.9. The van der Waals surface area contributed by atoms with Crippen LogP contribution >= 0.6 is 11.8 Å². The second kappa shape index (κ2) is 10.1. The predicted molar refractivity (Wildman–Crippen MR) is 125 cm³/mol. The van der Waals surface area contributed by atoms with E-state index in [1.807, 2.05) is 0 Å². The molecule has 4 rings (SSSR count). The summed E-state index contributed by atoms with van der Waals surface area (Å²) in [5.74, 6) is -3.29. The van der Waals surface area contributed by atoms with Gasteiger partial charge in [-0.15, -0.1) is 11.8 Å². The number of aromatic nitrogens is 2. The number of amides is 1. The molecule has 0 bridgehead atoms. The first-order chi connectivity index (χ1) is 16.3. The molecule has 0 N–H and O–H groups in total. The second-order valence-corrected chi connectivity index (χ2v) is 8.87. The largest absolute Gasteiger partial charge is 0.358 e. The number of rotatable bonds is 5. The number of benzene rings is 1. The topological polar surface area (TPSA) is 55.3 Å². The summed E-state index contributed by atoms with van der Waals surface area (Å²) in [5.41, 5.74) is -0.349. The first kappa shape index (κ1) is 24.2. The number of hydrogen-bond acceptors (Lipinski definition) is 5. The van der Waals surface area contributed by atoms with Gasteiger partial charge in [-0.25, -0.2) is 18.2 Å². The van der Waals surface area contributed by atoms with E-state index in [9.17, 15) is 9.18 Å². The van der Waals surface area contributed by atoms with Crippen molar-refractivity contribution in [2.45, 2.75) is 44.2 Å². The first-order valence-corrected chi connectivity index (χ1v) is 12.1. The Morgan fingerprint density at radius 2 is 1.91 bits per heavy atom. The van der Waals surface area contributed by atoms with Crippen molar-refractivity contribution in [1.29, 1.82) is 0 Å². The van der Waals surface area contributed by atoms with Crippen LogP contribution in [0.3, 0.4) is 0 Å². The van der Waals surface area contributed by atoms with Crippen molar-refractivity contribution < 1.29 is 22.7 Å². The molecular formula is C25H24F3N3O2S. The third-order valence-corrected chi connectivity index (χ3v) is 6.74. The van der Waals surface area contributed by atoms with Gasteiger partial charge in [0.1, 0.15) is 29.3 Å². The second-order valence-electron chi connectivity index (χ2n) is 8.02. The summed E-state index contributed by atoms with van der Waals surface area (Å²) in [5, 5.41) is 0. The van der Waals surface area contributed by atoms with E-state index in [-0.39, 0.29) is 21.7 Å². The summed E-state index contributed by atoms with van der Waals surface area (Å²) in [4.78, 5) is 23.8. The van der Waals surface area contributed by atoms with Crippen molar-refractivity contribution in [2.24, 2.45) is 0 Å². The zero-order chi connectivity index (χ0) is 24.4. The fraction of sp³-hybridized carbons (Fsp3) is 0.320. The van der Waals surface area contributed by atoms with E-state index in [0.717, 1.165) is 30.7 Å². The lowest BCUT2D eigenvalue weighted by atomic mass is 10.0. The molecule has 3 aromatic rings. The number of thioether (sulfide) groups is 1. The van der Waals surface area contributed by atoms with E-state index in [1.165, 1.54) is 24.1 Å². The van der Waals surface area contributed by atoms with Gasteiger partial charge in [-0.05, 0) is 74.8 Å². The summed E-state index contributed by atoms with van der Waals surface area (Å²) in [6.45, 7) is 3.52. The van der Waals surface area contributed by atoms with E-state index < -0.39 is 40.8 Å². The minimum atomic E-state index is -0.955. The Labute approximate surface area is 200 Å². The van der Waals surface area contributed by atoms with Crippen molar-refractivity contribution in [2.75, 3.05) is 17.8 Å². The molecule has 1 unspecified atom stereocenters. The maximum Gasteiger partial charge on any atom is 0.279 e. The molecule has 0 spiro atoms. The molecule has 9 heteroatoms. The Morgan fingerprint density at radius 3 is 2.56 bits per heavy atom. The summed E-state index contributed by atoms with van der Waals surface area (Å²) in [7, 11) is 0. The smallest absolute Gasteiger partial charge is 0.279 e. The quantitative estimate of drug-likeness (QED) is 0.409. The van der Waals surface area contributed by atoms with Crippen LogP contribution in [0.5, 0.6) is 0 Å². The van der Waals surface area contributed by atoms with Crippen LogP contribution in [0.4, 0.5) is 18.9 Å². The Morgan fingerprint density at radius 1 is 1.12 bits per heavy atom. The molecule has 0 aliphatic carbocycles. The average Bonchev–Trinajstić information content (AvgIpc) is 2.85. The van der Waals surface area contributed by atoms with Crippen LogP contribution in [0.1, 0.15) is 40.9 Å². The monoisotopic (exact) mass is 487 g/mol. The van der Waals surface area contributed by atoms with Gasteiger partial charge in [0.25, 0.3) is 5.91 Å². The number of anilines is 1. The van der Waals surface area contributed by atoms with Crippen molar-refractivity contribution in [3.63, 3.8) is 0 Å². The molecule has 1 atom stereocenters. The van der Waals surface area contributed by atoms with Gasteiger partial charge < -0.3 is 4.74 Å². The van der Waals surface area contributed by atoms with E-state index in [4.69, 9.17) is 4.74 Å². The number of pyridine rings is 2. The normalized spacial score (nSPS) is 15.9. The van der Waals surface area contributed by atoms with E-state index in [1.54, 1.807) is 31.5 Å². The fourth-order valence-corrected chi connectivity index (χ4v) is 4.48. The maximum atomic E-state index is 15.3. The molecule has 178 valence electrons. The van der Waals surface area contributed by atoms with Crippen LogP contribution in [0, 0.1) is 31.3 Å². The highest BCUT2D eigenvalue weighted by molar-refractivity contribution is 7.98. The summed E-state index contributed by atoms with van der Waals surface area (Å²) in [6.07, 6.45) is 6.54. The molecule has 1 amide bonds. The Bertz CT molecular complexity index is 1220. The molecule has 1 fully saturated rings. The highest BCUT2D eigenvalue weighted by Gasteiger charge is 2.33. The van der Waals surface area contributed by atoms with Gasteiger partial charge in [0, 0.05) is 17.7 Å². The summed E-state index contributed by atoms with van der Waals surface area (Å²) >= 11 is 1.07. The molecule has 34 heavy (non-hydrogen) atoms. The van der Waals surface area contributed by atoms with Gasteiger partial charge in [0.2, 0.25) is 0 Å².